The van der Waals surface area contributed by atoms with Gasteiger partial charge in [0.2, 0.25) is 0 Å². The van der Waals surface area contributed by atoms with Crippen molar-refractivity contribution in [2.45, 2.75) is 0 Å². The van der Waals surface area contributed by atoms with Crippen LogP contribution in [0.15, 0.2) is 47.7 Å². The zero-order valence-corrected chi connectivity index (χ0v) is 12.1. The van der Waals surface area contributed by atoms with Crippen molar-refractivity contribution in [3.63, 3.8) is 0 Å². The fourth-order valence-electron chi connectivity index (χ4n) is 1.69. The van der Waals surface area contributed by atoms with Gasteiger partial charge in [0.15, 0.2) is 0 Å². The first-order valence-electron chi connectivity index (χ1n) is 6.50. The Morgan fingerprint density at radius 2 is 2.13 bits per heavy atom. The van der Waals surface area contributed by atoms with Gasteiger partial charge in [0.1, 0.15) is 11.5 Å². The second-order valence-corrected chi connectivity index (χ2v) is 4.47. The van der Waals surface area contributed by atoms with E-state index in [-0.39, 0.29) is 16.8 Å². The molecule has 1 heterocycles. The van der Waals surface area contributed by atoms with E-state index in [2.05, 4.69) is 10.1 Å². The van der Waals surface area contributed by atoms with Crippen molar-refractivity contribution < 1.29 is 19.2 Å². The zero-order chi connectivity index (χ0) is 16.8. The highest BCUT2D eigenvalue weighted by atomic mass is 19.1. The molecular weight excluding hydrogens is 303 g/mol. The maximum absolute atomic E-state index is 13.9. The Bertz CT molecular complexity index is 750. The standard InChI is InChI=1S/C15H13FN4O3/c1-20(15(22)13-4-2-3-7-17-13)18-9-11-6-5-10(8-12(11)16)14(21)19-23/h2-9,23H,1H3,(H,19,21). The molecule has 2 rings (SSSR count). The lowest BCUT2D eigenvalue weighted by molar-refractivity contribution is 0.0705. The van der Waals surface area contributed by atoms with E-state index in [4.69, 9.17) is 5.21 Å². The topological polar surface area (TPSA) is 94.9 Å². The van der Waals surface area contributed by atoms with Crippen molar-refractivity contribution in [1.82, 2.24) is 15.5 Å². The normalized spacial score (nSPS) is 10.6. The number of nitrogens with one attached hydrogen (secondary N) is 1. The van der Waals surface area contributed by atoms with Crippen LogP contribution in [0.5, 0.6) is 0 Å². The highest BCUT2D eigenvalue weighted by Crippen LogP contribution is 2.09. The third kappa shape index (κ3) is 3.95. The molecule has 23 heavy (non-hydrogen) atoms. The molecule has 2 N–H and O–H groups in total. The summed E-state index contributed by atoms with van der Waals surface area (Å²) in [7, 11) is 1.42. The van der Waals surface area contributed by atoms with Crippen molar-refractivity contribution in [2.24, 2.45) is 5.10 Å². The van der Waals surface area contributed by atoms with Crippen molar-refractivity contribution in [3.8, 4) is 0 Å². The Kier molecular flexibility index (Phi) is 5.11. The predicted octanol–water partition coefficient (Wildman–Crippen LogP) is 1.45. The van der Waals surface area contributed by atoms with Crippen LogP contribution in [0.1, 0.15) is 26.4 Å². The first-order valence-corrected chi connectivity index (χ1v) is 6.50. The first kappa shape index (κ1) is 16.2. The van der Waals surface area contributed by atoms with Gasteiger partial charge in [-0.15, -0.1) is 0 Å². The molecule has 2 aromatic rings. The summed E-state index contributed by atoms with van der Waals surface area (Å²) in [5.74, 6) is -1.98. The number of hydrogen-bond donors (Lipinski definition) is 2. The van der Waals surface area contributed by atoms with Gasteiger partial charge >= 0.3 is 0 Å². The molecule has 0 unspecified atom stereocenters. The number of hydrogen-bond acceptors (Lipinski definition) is 5. The van der Waals surface area contributed by atoms with Gasteiger partial charge in [0.05, 0.1) is 6.21 Å². The molecule has 0 aliphatic carbocycles. The third-order valence-corrected chi connectivity index (χ3v) is 2.91. The lowest BCUT2D eigenvalue weighted by Gasteiger charge is -2.10. The highest BCUT2D eigenvalue weighted by Gasteiger charge is 2.12. The van der Waals surface area contributed by atoms with E-state index in [1.54, 1.807) is 12.1 Å². The Hall–Kier alpha value is -3.13. The molecule has 0 spiro atoms. The average Bonchev–Trinajstić information content (AvgIpc) is 2.59. The maximum atomic E-state index is 13.9. The Morgan fingerprint density at radius 1 is 1.35 bits per heavy atom. The number of amides is 2. The summed E-state index contributed by atoms with van der Waals surface area (Å²) < 4.78 is 13.9. The summed E-state index contributed by atoms with van der Waals surface area (Å²) in [6.45, 7) is 0. The minimum absolute atomic E-state index is 0.0416. The van der Waals surface area contributed by atoms with Gasteiger partial charge < -0.3 is 0 Å². The summed E-state index contributed by atoms with van der Waals surface area (Å²) in [6, 6.07) is 8.46. The molecule has 1 aromatic heterocycles. The molecule has 0 saturated carbocycles. The minimum Gasteiger partial charge on any atom is -0.288 e. The van der Waals surface area contributed by atoms with E-state index >= 15 is 0 Å². The zero-order valence-electron chi connectivity index (χ0n) is 12.1. The summed E-state index contributed by atoms with van der Waals surface area (Å²) in [6.07, 6.45) is 2.63. The molecule has 118 valence electrons. The number of halogens is 1. The molecule has 8 heteroatoms. The van der Waals surface area contributed by atoms with Gasteiger partial charge in [-0.2, -0.15) is 5.10 Å². The van der Waals surface area contributed by atoms with E-state index in [9.17, 15) is 14.0 Å². The predicted molar refractivity (Wildman–Crippen MR) is 79.6 cm³/mol. The number of benzene rings is 1. The number of carbonyl (C=O) groups is 2. The molecule has 1 aromatic carbocycles. The quantitative estimate of drug-likeness (QED) is 0.507. The number of aromatic nitrogens is 1. The van der Waals surface area contributed by atoms with Crippen LogP contribution in [0.3, 0.4) is 0 Å². The summed E-state index contributed by atoms with van der Waals surface area (Å²) in [5, 5.41) is 13.4. The summed E-state index contributed by atoms with van der Waals surface area (Å²) in [4.78, 5) is 27.1. The van der Waals surface area contributed by atoms with Crippen molar-refractivity contribution in [2.75, 3.05) is 7.05 Å². The van der Waals surface area contributed by atoms with Gasteiger partial charge in [-0.05, 0) is 30.3 Å². The number of hydrazone groups is 1. The smallest absolute Gasteiger partial charge is 0.288 e. The van der Waals surface area contributed by atoms with Crippen LogP contribution in [-0.2, 0) is 0 Å². The van der Waals surface area contributed by atoms with E-state index in [1.165, 1.54) is 36.9 Å². The molecule has 0 bridgehead atoms. The summed E-state index contributed by atoms with van der Waals surface area (Å²) in [5.41, 5.74) is 1.66. The van der Waals surface area contributed by atoms with Gasteiger partial charge in [-0.25, -0.2) is 14.9 Å². The lowest BCUT2D eigenvalue weighted by Crippen LogP contribution is -2.22. The largest absolute Gasteiger partial charge is 0.292 e. The Morgan fingerprint density at radius 3 is 2.74 bits per heavy atom. The molecule has 7 nitrogen and oxygen atoms in total. The minimum atomic E-state index is -0.824. The van der Waals surface area contributed by atoms with E-state index in [0.29, 0.717) is 0 Å². The van der Waals surface area contributed by atoms with Crippen LogP contribution in [0.2, 0.25) is 0 Å². The third-order valence-electron chi connectivity index (χ3n) is 2.91. The second-order valence-electron chi connectivity index (χ2n) is 4.47. The van der Waals surface area contributed by atoms with E-state index in [0.717, 1.165) is 17.3 Å². The van der Waals surface area contributed by atoms with E-state index < -0.39 is 17.6 Å². The number of rotatable bonds is 4. The molecule has 0 atom stereocenters. The number of carbonyl (C=O) groups excluding carboxylic acids is 2. The van der Waals surface area contributed by atoms with Gasteiger partial charge in [-0.1, -0.05) is 6.07 Å². The maximum Gasteiger partial charge on any atom is 0.292 e. The van der Waals surface area contributed by atoms with Gasteiger partial charge in [-0.3, -0.25) is 19.8 Å². The van der Waals surface area contributed by atoms with Crippen molar-refractivity contribution >= 4 is 18.0 Å². The number of hydroxylamine groups is 1. The number of pyridine rings is 1. The second kappa shape index (κ2) is 7.23. The molecule has 0 radical (unpaired) electrons. The first-order chi connectivity index (χ1) is 11.0. The van der Waals surface area contributed by atoms with Crippen molar-refractivity contribution in [3.05, 3.63) is 65.2 Å². The number of nitrogens with zero attached hydrogens (tertiary/aromatic N) is 3. The molecule has 2 amide bonds. The Balaban J connectivity index is 2.13. The molecule has 0 aliphatic heterocycles. The van der Waals surface area contributed by atoms with E-state index in [1.807, 2.05) is 0 Å². The van der Waals surface area contributed by atoms with Crippen LogP contribution in [0, 0.1) is 5.82 Å². The van der Waals surface area contributed by atoms with Crippen LogP contribution < -0.4 is 5.48 Å². The molecule has 0 fully saturated rings. The molecular formula is C15H13FN4O3. The van der Waals surface area contributed by atoms with Crippen LogP contribution in [-0.4, -0.2) is 40.3 Å². The van der Waals surface area contributed by atoms with Crippen LogP contribution in [0.4, 0.5) is 4.39 Å². The molecule has 0 aliphatic rings. The SMILES string of the molecule is CN(N=Cc1ccc(C(=O)NO)cc1F)C(=O)c1ccccn1. The summed E-state index contributed by atoms with van der Waals surface area (Å²) >= 11 is 0. The van der Waals surface area contributed by atoms with Crippen molar-refractivity contribution in [1.29, 1.82) is 0 Å². The van der Waals surface area contributed by atoms with Gasteiger partial charge in [0, 0.05) is 24.4 Å². The highest BCUT2D eigenvalue weighted by molar-refractivity contribution is 5.95. The van der Waals surface area contributed by atoms with Crippen LogP contribution in [0.25, 0.3) is 0 Å². The average molecular weight is 316 g/mol. The van der Waals surface area contributed by atoms with Gasteiger partial charge in [0.25, 0.3) is 11.8 Å². The molecule has 0 saturated heterocycles. The fourth-order valence-corrected chi connectivity index (χ4v) is 1.69. The monoisotopic (exact) mass is 316 g/mol. The fraction of sp³-hybridized carbons (Fsp3) is 0.0667. The van der Waals surface area contributed by atoms with Crippen LogP contribution >= 0.6 is 0 Å². The lowest BCUT2D eigenvalue weighted by atomic mass is 10.1. The Labute approximate surface area is 131 Å².